The van der Waals surface area contributed by atoms with Crippen molar-refractivity contribution < 1.29 is 13.2 Å². The maximum atomic E-state index is 12.6. The van der Waals surface area contributed by atoms with Gasteiger partial charge < -0.3 is 0 Å². The highest BCUT2D eigenvalue weighted by Gasteiger charge is 2.55. The van der Waals surface area contributed by atoms with Crippen molar-refractivity contribution in [2.75, 3.05) is 0 Å². The summed E-state index contributed by atoms with van der Waals surface area (Å²) in [6, 6.07) is 0. The lowest BCUT2D eigenvalue weighted by atomic mass is 9.65. The Bertz CT molecular complexity index is 206. The van der Waals surface area contributed by atoms with E-state index in [9.17, 15) is 13.2 Å². The molecule has 0 nitrogen and oxygen atoms in total. The number of hydrogen-bond donors (Lipinski definition) is 0. The minimum atomic E-state index is -4.03. The summed E-state index contributed by atoms with van der Waals surface area (Å²) >= 11 is 0. The van der Waals surface area contributed by atoms with Gasteiger partial charge in [0.2, 0.25) is 0 Å². The maximum absolute atomic E-state index is 12.6. The first kappa shape index (κ1) is 8.14. The maximum Gasteiger partial charge on any atom is 0.397 e. The normalized spacial score (nSPS) is 40.4. The zero-order chi connectivity index (χ0) is 8.82. The monoisotopic (exact) mass is 176 g/mol. The number of allylic oxidation sites excluding steroid dienone is 2. The van der Waals surface area contributed by atoms with Crippen LogP contribution in [0.1, 0.15) is 25.7 Å². The van der Waals surface area contributed by atoms with Crippen molar-refractivity contribution in [1.29, 1.82) is 0 Å². The molecule has 0 aromatic heterocycles. The molecule has 3 rings (SSSR count). The van der Waals surface area contributed by atoms with Crippen LogP contribution >= 0.6 is 0 Å². The SMILES string of the molecule is FC(F)(F)C12C=CC(CC1)CC2. The van der Waals surface area contributed by atoms with Crippen molar-refractivity contribution in [3.8, 4) is 0 Å². The Morgan fingerprint density at radius 3 is 2.00 bits per heavy atom. The molecule has 0 N–H and O–H groups in total. The molecule has 3 aliphatic rings. The lowest BCUT2D eigenvalue weighted by Gasteiger charge is -2.42. The fraction of sp³-hybridized carbons (Fsp3) is 0.778. The largest absolute Gasteiger partial charge is 0.397 e. The summed E-state index contributed by atoms with van der Waals surface area (Å²) in [5.74, 6) is 0.425. The summed E-state index contributed by atoms with van der Waals surface area (Å²) in [5, 5.41) is 0. The van der Waals surface area contributed by atoms with Gasteiger partial charge in [0.15, 0.2) is 0 Å². The fourth-order valence-electron chi connectivity index (χ4n) is 2.21. The van der Waals surface area contributed by atoms with Crippen LogP contribution in [-0.2, 0) is 0 Å². The standard InChI is InChI=1S/C9H11F3/c10-9(11,12)8-4-1-7(2-5-8)3-6-8/h1,4,7H,2-3,5-6H2. The van der Waals surface area contributed by atoms with Gasteiger partial charge in [0.25, 0.3) is 0 Å². The molecular formula is C9H11F3. The second-order valence-corrected chi connectivity index (χ2v) is 3.85. The van der Waals surface area contributed by atoms with Gasteiger partial charge in [-0.25, -0.2) is 0 Å². The van der Waals surface area contributed by atoms with Gasteiger partial charge in [-0.1, -0.05) is 12.2 Å². The Hall–Kier alpha value is -0.470. The summed E-state index contributed by atoms with van der Waals surface area (Å²) in [6.07, 6.45) is 1.15. The van der Waals surface area contributed by atoms with E-state index in [0.717, 1.165) is 12.8 Å². The van der Waals surface area contributed by atoms with E-state index in [0.29, 0.717) is 18.8 Å². The van der Waals surface area contributed by atoms with Crippen LogP contribution in [0.3, 0.4) is 0 Å². The van der Waals surface area contributed by atoms with Gasteiger partial charge in [-0.3, -0.25) is 0 Å². The Balaban J connectivity index is 2.31. The molecule has 0 aliphatic heterocycles. The molecule has 0 amide bonds. The van der Waals surface area contributed by atoms with E-state index in [2.05, 4.69) is 0 Å². The van der Waals surface area contributed by atoms with Crippen LogP contribution in [0.5, 0.6) is 0 Å². The topological polar surface area (TPSA) is 0 Å². The average Bonchev–Trinajstić information content (AvgIpc) is 2.06. The highest BCUT2D eigenvalue weighted by atomic mass is 19.4. The number of fused-ring (bicyclic) bond motifs is 2. The van der Waals surface area contributed by atoms with E-state index < -0.39 is 11.6 Å². The molecule has 68 valence electrons. The Morgan fingerprint density at radius 2 is 1.75 bits per heavy atom. The third kappa shape index (κ3) is 0.985. The zero-order valence-corrected chi connectivity index (χ0v) is 6.69. The molecule has 0 saturated heterocycles. The van der Waals surface area contributed by atoms with Crippen LogP contribution in [-0.4, -0.2) is 6.18 Å². The predicted molar refractivity (Wildman–Crippen MR) is 39.6 cm³/mol. The van der Waals surface area contributed by atoms with Gasteiger partial charge in [-0.2, -0.15) is 13.2 Å². The number of alkyl halides is 3. The quantitative estimate of drug-likeness (QED) is 0.497. The molecule has 0 unspecified atom stereocenters. The third-order valence-corrected chi connectivity index (χ3v) is 3.17. The van der Waals surface area contributed by atoms with Crippen LogP contribution in [0.15, 0.2) is 12.2 Å². The molecule has 0 aromatic carbocycles. The van der Waals surface area contributed by atoms with E-state index >= 15 is 0 Å². The molecule has 0 aromatic rings. The molecule has 2 bridgehead atoms. The van der Waals surface area contributed by atoms with Crippen LogP contribution in [0, 0.1) is 11.3 Å². The van der Waals surface area contributed by atoms with Crippen molar-refractivity contribution >= 4 is 0 Å². The van der Waals surface area contributed by atoms with Gasteiger partial charge in [0.1, 0.15) is 0 Å². The van der Waals surface area contributed by atoms with Crippen molar-refractivity contribution in [2.24, 2.45) is 11.3 Å². The predicted octanol–water partition coefficient (Wildman–Crippen LogP) is 3.30. The summed E-state index contributed by atoms with van der Waals surface area (Å²) in [6.45, 7) is 0. The van der Waals surface area contributed by atoms with Crippen molar-refractivity contribution in [3.05, 3.63) is 12.2 Å². The number of halogens is 3. The van der Waals surface area contributed by atoms with E-state index in [4.69, 9.17) is 0 Å². The molecule has 1 saturated carbocycles. The summed E-state index contributed by atoms with van der Waals surface area (Å²) in [5.41, 5.74) is -1.46. The molecule has 3 heteroatoms. The van der Waals surface area contributed by atoms with Crippen molar-refractivity contribution in [3.63, 3.8) is 0 Å². The second kappa shape index (κ2) is 2.27. The first-order valence-corrected chi connectivity index (χ1v) is 4.30. The van der Waals surface area contributed by atoms with Gasteiger partial charge in [0, 0.05) is 0 Å². The van der Waals surface area contributed by atoms with Crippen molar-refractivity contribution in [1.82, 2.24) is 0 Å². The van der Waals surface area contributed by atoms with Gasteiger partial charge >= 0.3 is 6.18 Å². The molecular weight excluding hydrogens is 165 g/mol. The summed E-state index contributed by atoms with van der Waals surface area (Å²) in [7, 11) is 0. The number of rotatable bonds is 0. The lowest BCUT2D eigenvalue weighted by molar-refractivity contribution is -0.219. The van der Waals surface area contributed by atoms with Gasteiger partial charge in [0.05, 0.1) is 5.41 Å². The first-order chi connectivity index (χ1) is 5.54. The minimum Gasteiger partial charge on any atom is -0.170 e. The smallest absolute Gasteiger partial charge is 0.170 e. The zero-order valence-electron chi connectivity index (χ0n) is 6.69. The summed E-state index contributed by atoms with van der Waals surface area (Å²) < 4.78 is 37.7. The molecule has 0 heterocycles. The average molecular weight is 176 g/mol. The van der Waals surface area contributed by atoms with Crippen LogP contribution < -0.4 is 0 Å². The van der Waals surface area contributed by atoms with E-state index in [1.165, 1.54) is 6.08 Å². The van der Waals surface area contributed by atoms with Gasteiger partial charge in [-0.05, 0) is 31.6 Å². The third-order valence-electron chi connectivity index (χ3n) is 3.17. The second-order valence-electron chi connectivity index (χ2n) is 3.85. The van der Waals surface area contributed by atoms with Crippen LogP contribution in [0.4, 0.5) is 13.2 Å². The highest BCUT2D eigenvalue weighted by molar-refractivity contribution is 5.14. The minimum absolute atomic E-state index is 0.303. The Labute approximate surface area is 69.5 Å². The van der Waals surface area contributed by atoms with E-state index in [1.807, 2.05) is 0 Å². The summed E-state index contributed by atoms with van der Waals surface area (Å²) in [4.78, 5) is 0. The lowest BCUT2D eigenvalue weighted by Crippen LogP contribution is -2.42. The molecule has 1 fully saturated rings. The van der Waals surface area contributed by atoms with E-state index in [1.54, 1.807) is 6.08 Å². The Kier molecular flexibility index (Phi) is 1.54. The van der Waals surface area contributed by atoms with Gasteiger partial charge in [-0.15, -0.1) is 0 Å². The highest BCUT2D eigenvalue weighted by Crippen LogP contribution is 2.54. The fourth-order valence-corrected chi connectivity index (χ4v) is 2.21. The van der Waals surface area contributed by atoms with Crippen LogP contribution in [0.25, 0.3) is 0 Å². The number of hydrogen-bond acceptors (Lipinski definition) is 0. The Morgan fingerprint density at radius 1 is 1.17 bits per heavy atom. The molecule has 0 atom stereocenters. The van der Waals surface area contributed by atoms with Crippen LogP contribution in [0.2, 0.25) is 0 Å². The van der Waals surface area contributed by atoms with Crippen molar-refractivity contribution in [2.45, 2.75) is 31.9 Å². The molecule has 0 spiro atoms. The first-order valence-electron chi connectivity index (χ1n) is 4.30. The molecule has 12 heavy (non-hydrogen) atoms. The molecule has 0 radical (unpaired) electrons. The van der Waals surface area contributed by atoms with E-state index in [-0.39, 0.29) is 0 Å². The molecule has 3 aliphatic carbocycles.